The van der Waals surface area contributed by atoms with E-state index in [1.807, 2.05) is 49.4 Å². The smallest absolute Gasteiger partial charge is 0.277 e. The number of rotatable bonds is 7. The number of thioether (sulfide) groups is 1. The van der Waals surface area contributed by atoms with E-state index in [-0.39, 0.29) is 11.7 Å². The molecule has 0 saturated heterocycles. The molecule has 146 valence electrons. The fourth-order valence-electron chi connectivity index (χ4n) is 2.72. The SMILES string of the molecule is CCOc1ccc(NC(=O)CSc2nnc(-c3ccc4ncccc4c3)o2)cc1. The fourth-order valence-corrected chi connectivity index (χ4v) is 3.28. The lowest BCUT2D eigenvalue weighted by Gasteiger charge is -2.06. The summed E-state index contributed by atoms with van der Waals surface area (Å²) in [5.41, 5.74) is 2.41. The summed E-state index contributed by atoms with van der Waals surface area (Å²) in [5.74, 6) is 1.18. The van der Waals surface area contributed by atoms with Crippen LogP contribution in [0.3, 0.4) is 0 Å². The summed E-state index contributed by atoms with van der Waals surface area (Å²) in [4.78, 5) is 16.5. The molecular weight excluding hydrogens is 388 g/mol. The van der Waals surface area contributed by atoms with Crippen LogP contribution >= 0.6 is 11.8 Å². The Hall–Kier alpha value is -3.39. The average Bonchev–Trinajstić information content (AvgIpc) is 3.23. The maximum Gasteiger partial charge on any atom is 0.277 e. The first-order valence-electron chi connectivity index (χ1n) is 9.05. The molecule has 4 aromatic rings. The van der Waals surface area contributed by atoms with Gasteiger partial charge in [-0.05, 0) is 55.5 Å². The largest absolute Gasteiger partial charge is 0.494 e. The van der Waals surface area contributed by atoms with Crippen LogP contribution in [0, 0.1) is 0 Å². The number of carbonyl (C=O) groups is 1. The van der Waals surface area contributed by atoms with Gasteiger partial charge in [0, 0.05) is 22.8 Å². The van der Waals surface area contributed by atoms with Crippen molar-refractivity contribution in [3.63, 3.8) is 0 Å². The van der Waals surface area contributed by atoms with Gasteiger partial charge in [-0.2, -0.15) is 0 Å². The second-order valence-corrected chi connectivity index (χ2v) is 7.00. The summed E-state index contributed by atoms with van der Waals surface area (Å²) in [7, 11) is 0. The van der Waals surface area contributed by atoms with Gasteiger partial charge in [-0.25, -0.2) is 0 Å². The first-order chi connectivity index (χ1) is 14.2. The number of ether oxygens (including phenoxy) is 1. The van der Waals surface area contributed by atoms with E-state index in [9.17, 15) is 4.79 Å². The number of aromatic nitrogens is 3. The van der Waals surface area contributed by atoms with Gasteiger partial charge in [0.15, 0.2) is 0 Å². The minimum absolute atomic E-state index is 0.157. The van der Waals surface area contributed by atoms with Crippen molar-refractivity contribution in [3.05, 3.63) is 60.8 Å². The van der Waals surface area contributed by atoms with Crippen molar-refractivity contribution in [3.8, 4) is 17.2 Å². The lowest BCUT2D eigenvalue weighted by molar-refractivity contribution is -0.113. The molecule has 2 aromatic carbocycles. The second-order valence-electron chi connectivity index (χ2n) is 6.08. The van der Waals surface area contributed by atoms with Crippen LogP contribution in [0.25, 0.3) is 22.4 Å². The summed E-state index contributed by atoms with van der Waals surface area (Å²) >= 11 is 1.19. The molecule has 1 N–H and O–H groups in total. The molecule has 0 spiro atoms. The number of pyridine rings is 1. The predicted octanol–water partition coefficient (Wildman–Crippen LogP) is 4.41. The molecule has 0 aliphatic heterocycles. The number of benzene rings is 2. The predicted molar refractivity (Wildman–Crippen MR) is 112 cm³/mol. The van der Waals surface area contributed by atoms with Crippen molar-refractivity contribution in [2.45, 2.75) is 12.1 Å². The average molecular weight is 406 g/mol. The highest BCUT2D eigenvalue weighted by atomic mass is 32.2. The zero-order chi connectivity index (χ0) is 20.1. The van der Waals surface area contributed by atoms with Gasteiger partial charge in [-0.15, -0.1) is 10.2 Å². The lowest BCUT2D eigenvalue weighted by Crippen LogP contribution is -2.13. The number of nitrogens with one attached hydrogen (secondary N) is 1. The number of anilines is 1. The van der Waals surface area contributed by atoms with Crippen molar-refractivity contribution in [1.29, 1.82) is 0 Å². The van der Waals surface area contributed by atoms with Crippen molar-refractivity contribution < 1.29 is 13.9 Å². The van der Waals surface area contributed by atoms with Gasteiger partial charge in [0.25, 0.3) is 5.22 Å². The molecular formula is C21H18N4O3S. The lowest BCUT2D eigenvalue weighted by atomic mass is 10.1. The van der Waals surface area contributed by atoms with Gasteiger partial charge in [0.2, 0.25) is 11.8 Å². The van der Waals surface area contributed by atoms with E-state index in [2.05, 4.69) is 20.5 Å². The molecule has 0 saturated carbocycles. The normalized spacial score (nSPS) is 10.8. The quantitative estimate of drug-likeness (QED) is 0.455. The minimum atomic E-state index is -0.157. The van der Waals surface area contributed by atoms with Crippen LogP contribution in [0.4, 0.5) is 5.69 Å². The molecule has 0 atom stereocenters. The van der Waals surface area contributed by atoms with Crippen LogP contribution in [0.5, 0.6) is 5.75 Å². The van der Waals surface area contributed by atoms with E-state index in [1.54, 1.807) is 18.3 Å². The topological polar surface area (TPSA) is 90.1 Å². The van der Waals surface area contributed by atoms with E-state index in [0.29, 0.717) is 23.4 Å². The van der Waals surface area contributed by atoms with E-state index >= 15 is 0 Å². The van der Waals surface area contributed by atoms with Gasteiger partial charge in [-0.3, -0.25) is 9.78 Å². The molecule has 0 aliphatic rings. The third kappa shape index (κ3) is 4.72. The van der Waals surface area contributed by atoms with Crippen molar-refractivity contribution in [1.82, 2.24) is 15.2 Å². The van der Waals surface area contributed by atoms with Gasteiger partial charge in [-0.1, -0.05) is 17.8 Å². The van der Waals surface area contributed by atoms with Gasteiger partial charge in [0.05, 0.1) is 17.9 Å². The van der Waals surface area contributed by atoms with E-state index in [1.165, 1.54) is 11.8 Å². The molecule has 1 amide bonds. The molecule has 0 fully saturated rings. The number of hydrogen-bond donors (Lipinski definition) is 1. The molecule has 7 nitrogen and oxygen atoms in total. The Kier molecular flexibility index (Phi) is 5.71. The van der Waals surface area contributed by atoms with Crippen LogP contribution in [0.2, 0.25) is 0 Å². The molecule has 0 bridgehead atoms. The third-order valence-corrected chi connectivity index (χ3v) is 4.85. The summed E-state index contributed by atoms with van der Waals surface area (Å²) in [6.45, 7) is 2.53. The molecule has 4 rings (SSSR count). The molecule has 29 heavy (non-hydrogen) atoms. The Morgan fingerprint density at radius 1 is 1.14 bits per heavy atom. The highest BCUT2D eigenvalue weighted by Gasteiger charge is 2.12. The van der Waals surface area contributed by atoms with Gasteiger partial charge in [0.1, 0.15) is 5.75 Å². The zero-order valence-electron chi connectivity index (χ0n) is 15.7. The third-order valence-electron chi connectivity index (χ3n) is 4.03. The summed E-state index contributed by atoms with van der Waals surface area (Å²) in [6, 6.07) is 16.8. The second kappa shape index (κ2) is 8.74. The van der Waals surface area contributed by atoms with Gasteiger partial charge < -0.3 is 14.5 Å². The Labute approximate surface area is 171 Å². The standard InChI is InChI=1S/C21H18N4O3S/c1-2-27-17-8-6-16(7-9-17)23-19(26)13-29-21-25-24-20(28-21)15-5-10-18-14(12-15)4-3-11-22-18/h3-12H,2,13H2,1H3,(H,23,26). The van der Waals surface area contributed by atoms with E-state index in [4.69, 9.17) is 9.15 Å². The number of amides is 1. The van der Waals surface area contributed by atoms with Crippen LogP contribution in [-0.2, 0) is 4.79 Å². The monoisotopic (exact) mass is 406 g/mol. The molecule has 8 heteroatoms. The van der Waals surface area contributed by atoms with E-state index in [0.717, 1.165) is 22.2 Å². The Morgan fingerprint density at radius 3 is 2.83 bits per heavy atom. The highest BCUT2D eigenvalue weighted by Crippen LogP contribution is 2.26. The summed E-state index contributed by atoms with van der Waals surface area (Å²) in [6.07, 6.45) is 1.75. The van der Waals surface area contributed by atoms with E-state index < -0.39 is 0 Å². The number of hydrogen-bond acceptors (Lipinski definition) is 7. The zero-order valence-corrected chi connectivity index (χ0v) is 16.5. The number of fused-ring (bicyclic) bond motifs is 1. The van der Waals surface area contributed by atoms with Crippen molar-refractivity contribution >= 4 is 34.3 Å². The Morgan fingerprint density at radius 2 is 2.00 bits per heavy atom. The summed E-state index contributed by atoms with van der Waals surface area (Å²) < 4.78 is 11.1. The van der Waals surface area contributed by atoms with Gasteiger partial charge >= 0.3 is 0 Å². The van der Waals surface area contributed by atoms with Crippen LogP contribution in [0.15, 0.2) is 70.4 Å². The van der Waals surface area contributed by atoms with Crippen LogP contribution < -0.4 is 10.1 Å². The molecule has 0 radical (unpaired) electrons. The summed E-state index contributed by atoms with van der Waals surface area (Å²) in [5, 5.41) is 12.3. The fraction of sp³-hybridized carbons (Fsp3) is 0.143. The molecule has 0 aliphatic carbocycles. The number of carbonyl (C=O) groups excluding carboxylic acids is 1. The highest BCUT2D eigenvalue weighted by molar-refractivity contribution is 7.99. The first kappa shape index (κ1) is 18.9. The molecule has 2 heterocycles. The van der Waals surface area contributed by atoms with Crippen molar-refractivity contribution in [2.24, 2.45) is 0 Å². The number of nitrogens with zero attached hydrogens (tertiary/aromatic N) is 3. The molecule has 2 aromatic heterocycles. The Bertz CT molecular complexity index is 1130. The van der Waals surface area contributed by atoms with Crippen LogP contribution in [0.1, 0.15) is 6.92 Å². The first-order valence-corrected chi connectivity index (χ1v) is 10.0. The molecule has 0 unspecified atom stereocenters. The maximum absolute atomic E-state index is 12.2. The maximum atomic E-state index is 12.2. The minimum Gasteiger partial charge on any atom is -0.494 e. The van der Waals surface area contributed by atoms with Crippen LogP contribution in [-0.4, -0.2) is 33.4 Å². The van der Waals surface area contributed by atoms with Crippen molar-refractivity contribution in [2.75, 3.05) is 17.7 Å². The Balaban J connectivity index is 1.35.